The summed E-state index contributed by atoms with van der Waals surface area (Å²) < 4.78 is 11.3. The van der Waals surface area contributed by atoms with Crippen molar-refractivity contribution in [2.75, 3.05) is 19.1 Å². The minimum atomic E-state index is -0.861. The Morgan fingerprint density at radius 3 is 2.52 bits per heavy atom. The standard InChI is InChI=1S/C20H25N3O3S.C2H4O2/c1-12-18(23(6)19(25)26-20(2,3)4)27-17(21-12)16(24)14-11-22(5)15-10-8-7-9-13(14)15;1-4-2-3/h7-11,16,24H,1-6H3;2H,1H3. The molecule has 9 heteroatoms. The van der Waals surface area contributed by atoms with Crippen molar-refractivity contribution in [3.63, 3.8) is 0 Å². The Kier molecular flexibility index (Phi) is 7.80. The minimum Gasteiger partial charge on any atom is -0.471 e. The topological polar surface area (TPSA) is 93.9 Å². The van der Waals surface area contributed by atoms with Gasteiger partial charge < -0.3 is 19.1 Å². The van der Waals surface area contributed by atoms with Gasteiger partial charge in [0.25, 0.3) is 6.47 Å². The van der Waals surface area contributed by atoms with E-state index in [0.29, 0.717) is 22.2 Å². The van der Waals surface area contributed by atoms with Gasteiger partial charge in [0.1, 0.15) is 21.7 Å². The second kappa shape index (κ2) is 9.93. The number of nitrogens with zero attached hydrogens (tertiary/aromatic N) is 3. The van der Waals surface area contributed by atoms with Crippen LogP contribution in [0.2, 0.25) is 0 Å². The van der Waals surface area contributed by atoms with E-state index in [1.165, 1.54) is 23.3 Å². The van der Waals surface area contributed by atoms with E-state index in [1.54, 1.807) is 7.05 Å². The number of methoxy groups -OCH3 is 1. The lowest BCUT2D eigenvalue weighted by atomic mass is 10.1. The molecule has 3 rings (SSSR count). The fourth-order valence-corrected chi connectivity index (χ4v) is 4.00. The highest BCUT2D eigenvalue weighted by Gasteiger charge is 2.26. The van der Waals surface area contributed by atoms with Crippen LogP contribution >= 0.6 is 11.3 Å². The van der Waals surface area contributed by atoms with Gasteiger partial charge in [-0.1, -0.05) is 29.5 Å². The number of aliphatic hydroxyl groups is 1. The van der Waals surface area contributed by atoms with Crippen molar-refractivity contribution in [1.82, 2.24) is 9.55 Å². The van der Waals surface area contributed by atoms with E-state index in [0.717, 1.165) is 16.5 Å². The second-order valence-corrected chi connectivity index (χ2v) is 8.94. The quantitative estimate of drug-likeness (QED) is 0.603. The lowest BCUT2D eigenvalue weighted by Crippen LogP contribution is -2.34. The van der Waals surface area contributed by atoms with Crippen LogP contribution in [0.15, 0.2) is 30.5 Å². The van der Waals surface area contributed by atoms with Gasteiger partial charge in [-0.25, -0.2) is 9.78 Å². The van der Waals surface area contributed by atoms with Gasteiger partial charge in [0.15, 0.2) is 0 Å². The van der Waals surface area contributed by atoms with Gasteiger partial charge in [-0.3, -0.25) is 9.69 Å². The van der Waals surface area contributed by atoms with Crippen molar-refractivity contribution in [2.45, 2.75) is 39.4 Å². The van der Waals surface area contributed by atoms with Gasteiger partial charge in [0, 0.05) is 36.8 Å². The van der Waals surface area contributed by atoms with Crippen LogP contribution < -0.4 is 4.90 Å². The number of aryl methyl sites for hydroxylation is 2. The van der Waals surface area contributed by atoms with Crippen molar-refractivity contribution in [3.8, 4) is 0 Å². The van der Waals surface area contributed by atoms with Crippen LogP contribution in [0.3, 0.4) is 0 Å². The summed E-state index contributed by atoms with van der Waals surface area (Å²) in [5, 5.41) is 13.2. The molecule has 8 nitrogen and oxygen atoms in total. The maximum absolute atomic E-state index is 12.4. The Morgan fingerprint density at radius 1 is 1.32 bits per heavy atom. The molecule has 0 aliphatic rings. The molecule has 0 radical (unpaired) electrons. The minimum absolute atomic E-state index is 0.375. The van der Waals surface area contributed by atoms with E-state index in [1.807, 2.05) is 69.8 Å². The first-order valence-electron chi connectivity index (χ1n) is 9.62. The molecule has 0 spiro atoms. The van der Waals surface area contributed by atoms with E-state index in [4.69, 9.17) is 9.53 Å². The highest BCUT2D eigenvalue weighted by molar-refractivity contribution is 7.16. The molecule has 0 bridgehead atoms. The lowest BCUT2D eigenvalue weighted by Gasteiger charge is -2.24. The number of rotatable bonds is 4. The predicted molar refractivity (Wildman–Crippen MR) is 122 cm³/mol. The van der Waals surface area contributed by atoms with E-state index < -0.39 is 17.8 Å². The number of aromatic nitrogens is 2. The SMILES string of the molecule is COC=O.Cc1nc(C(O)c2cn(C)c3ccccc23)sc1N(C)C(=O)OC(C)(C)C. The van der Waals surface area contributed by atoms with Crippen LogP contribution in [0, 0.1) is 6.92 Å². The third kappa shape index (κ3) is 5.83. The molecule has 1 amide bonds. The molecular formula is C22H29N3O5S. The molecule has 1 unspecified atom stereocenters. The van der Waals surface area contributed by atoms with Gasteiger partial charge >= 0.3 is 6.09 Å². The fourth-order valence-electron chi connectivity index (χ4n) is 2.97. The van der Waals surface area contributed by atoms with Crippen molar-refractivity contribution in [3.05, 3.63) is 46.7 Å². The Labute approximate surface area is 186 Å². The number of carbonyl (C=O) groups is 2. The number of hydrogen-bond donors (Lipinski definition) is 1. The van der Waals surface area contributed by atoms with E-state index >= 15 is 0 Å². The van der Waals surface area contributed by atoms with Crippen molar-refractivity contribution in [1.29, 1.82) is 0 Å². The van der Waals surface area contributed by atoms with Crippen LogP contribution in [0.25, 0.3) is 10.9 Å². The molecule has 1 aromatic carbocycles. The Balaban J connectivity index is 0.000000785. The summed E-state index contributed by atoms with van der Waals surface area (Å²) in [6.45, 7) is 7.68. The number of ether oxygens (including phenoxy) is 2. The Hall–Kier alpha value is -2.91. The largest absolute Gasteiger partial charge is 0.471 e. The molecule has 0 aliphatic carbocycles. The number of para-hydroxylation sites is 1. The van der Waals surface area contributed by atoms with Crippen molar-refractivity contribution >= 4 is 39.8 Å². The third-order valence-electron chi connectivity index (χ3n) is 4.31. The molecule has 2 aromatic heterocycles. The third-order valence-corrected chi connectivity index (χ3v) is 5.60. The molecule has 0 saturated carbocycles. The molecule has 2 heterocycles. The van der Waals surface area contributed by atoms with Crippen molar-refractivity contribution < 1.29 is 24.2 Å². The molecule has 0 fully saturated rings. The average molecular weight is 448 g/mol. The molecule has 31 heavy (non-hydrogen) atoms. The van der Waals surface area contributed by atoms with Crippen LogP contribution in [-0.2, 0) is 21.3 Å². The summed E-state index contributed by atoms with van der Waals surface area (Å²) >= 11 is 1.30. The number of amides is 1. The molecule has 1 N–H and O–H groups in total. The molecule has 1 atom stereocenters. The fraction of sp³-hybridized carbons (Fsp3) is 0.409. The van der Waals surface area contributed by atoms with E-state index in [2.05, 4.69) is 9.72 Å². The number of thiazole rings is 1. The Morgan fingerprint density at radius 2 is 1.94 bits per heavy atom. The predicted octanol–water partition coefficient (Wildman–Crippen LogP) is 4.19. The monoisotopic (exact) mass is 447 g/mol. The van der Waals surface area contributed by atoms with Crippen LogP contribution in [0.1, 0.15) is 43.1 Å². The van der Waals surface area contributed by atoms with Crippen LogP contribution in [0.4, 0.5) is 9.80 Å². The van der Waals surface area contributed by atoms with Gasteiger partial charge in [0.05, 0.1) is 12.8 Å². The first-order valence-corrected chi connectivity index (χ1v) is 10.4. The number of benzene rings is 1. The smallest absolute Gasteiger partial charge is 0.415 e. The second-order valence-electron chi connectivity index (χ2n) is 7.93. The average Bonchev–Trinajstić information content (AvgIpc) is 3.26. The number of anilines is 1. The number of fused-ring (bicyclic) bond motifs is 1. The normalized spacial score (nSPS) is 12.0. The first kappa shape index (κ1) is 24.4. The summed E-state index contributed by atoms with van der Waals surface area (Å²) in [6.07, 6.45) is 0.615. The summed E-state index contributed by atoms with van der Waals surface area (Å²) in [5.74, 6) is 0. The first-order chi connectivity index (χ1) is 14.5. The summed E-state index contributed by atoms with van der Waals surface area (Å²) in [7, 11) is 4.92. The van der Waals surface area contributed by atoms with Crippen LogP contribution in [-0.4, -0.2) is 47.0 Å². The zero-order valence-corrected chi connectivity index (χ0v) is 19.7. The number of carbonyl (C=O) groups excluding carboxylic acids is 2. The molecule has 3 aromatic rings. The Bertz CT molecular complexity index is 1050. The van der Waals surface area contributed by atoms with Gasteiger partial charge in [-0.15, -0.1) is 0 Å². The molecular weight excluding hydrogens is 418 g/mol. The summed E-state index contributed by atoms with van der Waals surface area (Å²) in [4.78, 5) is 27.3. The van der Waals surface area contributed by atoms with E-state index in [9.17, 15) is 9.90 Å². The van der Waals surface area contributed by atoms with E-state index in [-0.39, 0.29) is 0 Å². The molecule has 168 valence electrons. The zero-order chi connectivity index (χ0) is 23.3. The lowest BCUT2D eigenvalue weighted by molar-refractivity contribution is -0.126. The molecule has 0 saturated heterocycles. The van der Waals surface area contributed by atoms with Gasteiger partial charge in [-0.2, -0.15) is 0 Å². The number of aliphatic hydroxyl groups excluding tert-OH is 1. The highest BCUT2D eigenvalue weighted by Crippen LogP contribution is 2.36. The summed E-state index contributed by atoms with van der Waals surface area (Å²) in [5.41, 5.74) is 1.96. The van der Waals surface area contributed by atoms with Crippen molar-refractivity contribution in [2.24, 2.45) is 7.05 Å². The summed E-state index contributed by atoms with van der Waals surface area (Å²) in [6, 6.07) is 7.93. The number of hydrogen-bond acceptors (Lipinski definition) is 7. The maximum atomic E-state index is 12.4. The maximum Gasteiger partial charge on any atom is 0.415 e. The van der Waals surface area contributed by atoms with Gasteiger partial charge in [0.2, 0.25) is 0 Å². The zero-order valence-electron chi connectivity index (χ0n) is 18.9. The highest BCUT2D eigenvalue weighted by atomic mass is 32.1. The van der Waals surface area contributed by atoms with Gasteiger partial charge in [-0.05, 0) is 33.8 Å². The molecule has 0 aliphatic heterocycles. The van der Waals surface area contributed by atoms with Crippen LogP contribution in [0.5, 0.6) is 0 Å².